The molecule has 0 aliphatic heterocycles. The minimum atomic E-state index is 0.0243. The number of nitrogens with two attached hydrogens (primary N) is 3. The van der Waals surface area contributed by atoms with Crippen LogP contribution >= 0.6 is 0 Å². The molecule has 0 saturated heterocycles. The topological polar surface area (TPSA) is 179 Å². The van der Waals surface area contributed by atoms with Gasteiger partial charge < -0.3 is 38.5 Å². The van der Waals surface area contributed by atoms with Crippen LogP contribution in [0.25, 0.3) is 0 Å². The van der Waals surface area contributed by atoms with Gasteiger partial charge in [0.15, 0.2) is 5.96 Å². The summed E-state index contributed by atoms with van der Waals surface area (Å²) < 4.78 is 0. The predicted octanol–water partition coefficient (Wildman–Crippen LogP) is 1.13. The molecule has 1 rings (SSSR count). The second kappa shape index (κ2) is 21.5. The molecule has 0 heterocycles. The average molecular weight is 470 g/mol. The Morgan fingerprint density at radius 1 is 1.18 bits per heavy atom. The van der Waals surface area contributed by atoms with Gasteiger partial charge in [0.05, 0.1) is 12.9 Å². The van der Waals surface area contributed by atoms with E-state index in [-0.39, 0.29) is 24.0 Å². The Labute approximate surface area is 201 Å². The number of guanidine groups is 1. The van der Waals surface area contributed by atoms with Crippen molar-refractivity contribution in [2.24, 2.45) is 22.2 Å². The molecule has 0 aromatic rings. The van der Waals surface area contributed by atoms with Crippen molar-refractivity contribution in [3.05, 3.63) is 11.3 Å². The smallest absolute Gasteiger partial charge is 0.239 e. The summed E-state index contributed by atoms with van der Waals surface area (Å²) >= 11 is 0. The highest BCUT2D eigenvalue weighted by molar-refractivity contribution is 5.78. The fourth-order valence-corrected chi connectivity index (χ4v) is 3.13. The maximum atomic E-state index is 12.0. The van der Waals surface area contributed by atoms with E-state index in [2.05, 4.69) is 52.8 Å². The second-order valence-corrected chi connectivity index (χ2v) is 8.54. The van der Waals surface area contributed by atoms with Gasteiger partial charge in [-0.2, -0.15) is 0 Å². The van der Waals surface area contributed by atoms with Crippen LogP contribution in [-0.4, -0.2) is 63.0 Å². The number of nitrogens with zero attached hydrogens (tertiary/aromatic N) is 1. The molecule has 194 valence electrons. The zero-order valence-corrected chi connectivity index (χ0v) is 21.8. The molecule has 1 aliphatic carbocycles. The molecule has 33 heavy (non-hydrogen) atoms. The molecule has 10 heteroatoms. The van der Waals surface area contributed by atoms with E-state index in [1.54, 1.807) is 0 Å². The molecule has 0 bridgehead atoms. The van der Waals surface area contributed by atoms with Crippen LogP contribution < -0.4 is 38.5 Å². The number of allylic oxidation sites excluding steroid dienone is 1. The normalized spacial score (nSPS) is 12.9. The van der Waals surface area contributed by atoms with Crippen LogP contribution in [0.2, 0.25) is 0 Å². The lowest BCUT2D eigenvalue weighted by Crippen LogP contribution is -2.45. The number of hydrogen-bond acceptors (Lipinski definition) is 6. The molecule has 0 aromatic heterocycles. The summed E-state index contributed by atoms with van der Waals surface area (Å²) in [7, 11) is 1.96. The van der Waals surface area contributed by atoms with Crippen LogP contribution in [0.4, 0.5) is 0 Å². The van der Waals surface area contributed by atoms with E-state index in [4.69, 9.17) is 16.9 Å². The molecular weight excluding hydrogens is 418 g/mol. The number of aliphatic imine (C=N–C) groups is 1. The van der Waals surface area contributed by atoms with Crippen LogP contribution in [0, 0.1) is 5.41 Å². The average Bonchev–Trinajstić information content (AvgIpc) is 2.66. The fraction of sp³-hybridized carbons (Fsp3) is 0.783. The first-order chi connectivity index (χ1) is 15.6. The molecule has 0 radical (unpaired) electrons. The molecule has 11 N–H and O–H groups in total. The Hall–Kier alpha value is -2.33. The fourth-order valence-electron chi connectivity index (χ4n) is 3.13. The van der Waals surface area contributed by atoms with Gasteiger partial charge >= 0.3 is 0 Å². The van der Waals surface area contributed by atoms with Crippen LogP contribution in [-0.2, 0) is 4.79 Å². The van der Waals surface area contributed by atoms with Gasteiger partial charge in [0.25, 0.3) is 0 Å². The summed E-state index contributed by atoms with van der Waals surface area (Å²) in [6, 6.07) is 0.699. The Balaban J connectivity index is 0. The Morgan fingerprint density at radius 2 is 1.79 bits per heavy atom. The summed E-state index contributed by atoms with van der Waals surface area (Å²) in [6.45, 7) is 12.4. The Kier molecular flexibility index (Phi) is 21.4. The van der Waals surface area contributed by atoms with Gasteiger partial charge in [-0.05, 0) is 71.5 Å². The molecule has 1 unspecified atom stereocenters. The van der Waals surface area contributed by atoms with E-state index in [1.165, 1.54) is 24.1 Å². The summed E-state index contributed by atoms with van der Waals surface area (Å²) in [6.07, 6.45) is 7.24. The van der Waals surface area contributed by atoms with Crippen LogP contribution in [0.3, 0.4) is 0 Å². The van der Waals surface area contributed by atoms with Crippen molar-refractivity contribution in [1.29, 1.82) is 5.41 Å². The number of carbonyl (C=O) groups excluding carboxylic acids is 1. The number of rotatable bonds is 13. The lowest BCUT2D eigenvalue weighted by molar-refractivity contribution is -0.120. The van der Waals surface area contributed by atoms with Gasteiger partial charge in [-0.1, -0.05) is 20.8 Å². The summed E-state index contributed by atoms with van der Waals surface area (Å²) in [5.74, 6) is 0.158. The Morgan fingerprint density at radius 3 is 2.15 bits per heavy atom. The number of carbonyl (C=O) groups is 1. The highest BCUT2D eigenvalue weighted by Gasteiger charge is 2.23. The quantitative estimate of drug-likeness (QED) is 0.113. The summed E-state index contributed by atoms with van der Waals surface area (Å²) in [5.41, 5.74) is 17.8. The third-order valence-corrected chi connectivity index (χ3v) is 4.56. The van der Waals surface area contributed by atoms with E-state index < -0.39 is 0 Å². The van der Waals surface area contributed by atoms with Gasteiger partial charge in [0.1, 0.15) is 0 Å². The number of nitrogens with one attached hydrogen (secondary N) is 5. The van der Waals surface area contributed by atoms with Crippen molar-refractivity contribution in [3.63, 3.8) is 0 Å². The first-order valence-electron chi connectivity index (χ1n) is 12.0. The molecule has 1 saturated carbocycles. The highest BCUT2D eigenvalue weighted by Crippen LogP contribution is 2.30. The highest BCUT2D eigenvalue weighted by atomic mass is 16.1. The molecular formula is C23H51N9O. The van der Waals surface area contributed by atoms with E-state index >= 15 is 0 Å². The van der Waals surface area contributed by atoms with Crippen molar-refractivity contribution in [2.75, 3.05) is 26.7 Å². The van der Waals surface area contributed by atoms with Crippen molar-refractivity contribution in [3.8, 4) is 0 Å². The SMILES string of the molecule is CC(C)NC(=O)CNC(=C1CCC1)C(CCCN=C(N)N)NC(C)C.CCCNC.N=CN. The van der Waals surface area contributed by atoms with E-state index in [9.17, 15) is 4.79 Å². The lowest BCUT2D eigenvalue weighted by Gasteiger charge is -2.31. The third-order valence-electron chi connectivity index (χ3n) is 4.56. The second-order valence-electron chi connectivity index (χ2n) is 8.54. The standard InChI is InChI=1S/C18H36N6O.C4H11N.CH4N2/c1-12(2)23-15(9-6-10-21-18(19)20)17(14-7-5-8-14)22-11-16(25)24-13(3)4;1-3-4-5-2;2-1-3/h12-13,15,22-23H,5-11H2,1-4H3,(H,24,25)(H4,19,20,21);5H,3-4H2,1-2H3;1H,(H3,2,3). The van der Waals surface area contributed by atoms with Crippen molar-refractivity contribution >= 4 is 18.2 Å². The van der Waals surface area contributed by atoms with E-state index in [0.717, 1.165) is 38.6 Å². The van der Waals surface area contributed by atoms with Gasteiger partial charge in [-0.25, -0.2) is 0 Å². The maximum absolute atomic E-state index is 12.0. The maximum Gasteiger partial charge on any atom is 0.239 e. The minimum Gasteiger partial charge on any atom is -0.390 e. The van der Waals surface area contributed by atoms with Gasteiger partial charge in [0.2, 0.25) is 5.91 Å². The molecule has 1 aliphatic rings. The van der Waals surface area contributed by atoms with Crippen molar-refractivity contribution < 1.29 is 4.79 Å². The Bertz CT molecular complexity index is 562. The first kappa shape index (κ1) is 32.8. The third kappa shape index (κ3) is 20.0. The number of amides is 1. The van der Waals surface area contributed by atoms with Crippen LogP contribution in [0.1, 0.15) is 73.1 Å². The molecule has 0 aromatic carbocycles. The zero-order chi connectivity index (χ0) is 25.6. The summed E-state index contributed by atoms with van der Waals surface area (Å²) in [5, 5.41) is 18.8. The first-order valence-corrected chi connectivity index (χ1v) is 12.0. The van der Waals surface area contributed by atoms with Gasteiger partial charge in [-0.15, -0.1) is 0 Å². The molecule has 1 atom stereocenters. The molecule has 10 nitrogen and oxygen atoms in total. The predicted molar refractivity (Wildman–Crippen MR) is 141 cm³/mol. The van der Waals surface area contributed by atoms with Crippen molar-refractivity contribution in [2.45, 2.75) is 91.3 Å². The number of hydrogen-bond donors (Lipinski definition) is 8. The van der Waals surface area contributed by atoms with Crippen LogP contribution in [0.15, 0.2) is 16.3 Å². The van der Waals surface area contributed by atoms with Crippen LogP contribution in [0.5, 0.6) is 0 Å². The molecule has 1 fully saturated rings. The van der Waals surface area contributed by atoms with E-state index in [0.29, 0.717) is 19.1 Å². The minimum absolute atomic E-state index is 0.0243. The molecule has 0 spiro atoms. The van der Waals surface area contributed by atoms with Gasteiger partial charge in [0, 0.05) is 30.4 Å². The lowest BCUT2D eigenvalue weighted by atomic mass is 9.87. The zero-order valence-electron chi connectivity index (χ0n) is 21.8. The monoisotopic (exact) mass is 469 g/mol. The molecule has 1 amide bonds. The largest absolute Gasteiger partial charge is 0.390 e. The van der Waals surface area contributed by atoms with Crippen molar-refractivity contribution in [1.82, 2.24) is 21.3 Å². The summed E-state index contributed by atoms with van der Waals surface area (Å²) in [4.78, 5) is 16.1. The van der Waals surface area contributed by atoms with E-state index in [1.807, 2.05) is 20.9 Å². The van der Waals surface area contributed by atoms with Gasteiger partial charge in [-0.3, -0.25) is 15.2 Å².